The molecule has 0 bridgehead atoms. The summed E-state index contributed by atoms with van der Waals surface area (Å²) in [5, 5.41) is 9.04. The normalized spacial score (nSPS) is 15.2. The van der Waals surface area contributed by atoms with Crippen LogP contribution in [0, 0.1) is 0 Å². The van der Waals surface area contributed by atoms with E-state index in [9.17, 15) is 9.59 Å². The van der Waals surface area contributed by atoms with Gasteiger partial charge in [-0.3, -0.25) is 9.69 Å². The van der Waals surface area contributed by atoms with Crippen LogP contribution >= 0.6 is 0 Å². The Kier molecular flexibility index (Phi) is 5.14. The van der Waals surface area contributed by atoms with Gasteiger partial charge in [-0.1, -0.05) is 36.4 Å². The molecule has 5 heteroatoms. The quantitative estimate of drug-likeness (QED) is 0.931. The zero-order valence-corrected chi connectivity index (χ0v) is 14.3. The molecule has 1 amide bonds. The Morgan fingerprint density at radius 2 is 1.60 bits per heavy atom. The van der Waals surface area contributed by atoms with Gasteiger partial charge in [-0.25, -0.2) is 4.79 Å². The minimum Gasteiger partial charge on any atom is -0.478 e. The number of piperazine rings is 1. The number of amides is 1. The Morgan fingerprint density at radius 1 is 0.960 bits per heavy atom. The third-order valence-electron chi connectivity index (χ3n) is 4.67. The Morgan fingerprint density at radius 3 is 2.20 bits per heavy atom. The summed E-state index contributed by atoms with van der Waals surface area (Å²) >= 11 is 0. The molecule has 1 aliphatic heterocycles. The van der Waals surface area contributed by atoms with Crippen molar-refractivity contribution in [2.75, 3.05) is 26.2 Å². The van der Waals surface area contributed by atoms with Gasteiger partial charge in [0.2, 0.25) is 5.91 Å². The maximum atomic E-state index is 11.4. The number of carboxylic acids is 1. The summed E-state index contributed by atoms with van der Waals surface area (Å²) in [4.78, 5) is 26.7. The van der Waals surface area contributed by atoms with Crippen LogP contribution in [-0.4, -0.2) is 53.0 Å². The fraction of sp³-hybridized carbons (Fsp3) is 0.300. The van der Waals surface area contributed by atoms with Gasteiger partial charge >= 0.3 is 5.97 Å². The number of nitrogens with zero attached hydrogens (tertiary/aromatic N) is 2. The first-order chi connectivity index (χ1) is 12.0. The Balaban J connectivity index is 1.75. The second-order valence-electron chi connectivity index (χ2n) is 6.32. The molecule has 0 aromatic heterocycles. The van der Waals surface area contributed by atoms with Gasteiger partial charge in [0.15, 0.2) is 0 Å². The molecule has 1 saturated heterocycles. The molecule has 25 heavy (non-hydrogen) atoms. The van der Waals surface area contributed by atoms with E-state index in [0.29, 0.717) is 5.56 Å². The lowest BCUT2D eigenvalue weighted by Gasteiger charge is -2.34. The van der Waals surface area contributed by atoms with E-state index in [-0.39, 0.29) is 5.91 Å². The van der Waals surface area contributed by atoms with Crippen molar-refractivity contribution in [1.29, 1.82) is 0 Å². The summed E-state index contributed by atoms with van der Waals surface area (Å²) in [6.45, 7) is 5.71. The largest absolute Gasteiger partial charge is 0.478 e. The summed E-state index contributed by atoms with van der Waals surface area (Å²) < 4.78 is 0. The van der Waals surface area contributed by atoms with Gasteiger partial charge < -0.3 is 10.0 Å². The predicted octanol–water partition coefficient (Wildman–Crippen LogP) is 2.72. The molecule has 2 aromatic rings. The lowest BCUT2D eigenvalue weighted by atomic mass is 9.98. The molecule has 0 atom stereocenters. The second kappa shape index (κ2) is 7.49. The molecule has 0 aliphatic carbocycles. The molecule has 0 spiro atoms. The molecule has 1 N–H and O–H groups in total. The highest BCUT2D eigenvalue weighted by molar-refractivity contribution is 5.88. The summed E-state index contributed by atoms with van der Waals surface area (Å²) in [6, 6.07) is 15.2. The molecular weight excluding hydrogens is 316 g/mol. The van der Waals surface area contributed by atoms with E-state index < -0.39 is 5.97 Å². The van der Waals surface area contributed by atoms with E-state index in [0.717, 1.165) is 43.9 Å². The highest BCUT2D eigenvalue weighted by Crippen LogP contribution is 2.25. The van der Waals surface area contributed by atoms with Crippen molar-refractivity contribution in [3.63, 3.8) is 0 Å². The molecule has 1 aliphatic rings. The third kappa shape index (κ3) is 4.06. The van der Waals surface area contributed by atoms with Crippen LogP contribution in [0.3, 0.4) is 0 Å². The lowest BCUT2D eigenvalue weighted by molar-refractivity contribution is -0.130. The average Bonchev–Trinajstić information content (AvgIpc) is 2.63. The Bertz CT molecular complexity index is 763. The van der Waals surface area contributed by atoms with Gasteiger partial charge in [-0.15, -0.1) is 0 Å². The van der Waals surface area contributed by atoms with Gasteiger partial charge in [0.1, 0.15) is 0 Å². The van der Waals surface area contributed by atoms with Crippen molar-refractivity contribution < 1.29 is 14.7 Å². The first-order valence-electron chi connectivity index (χ1n) is 8.44. The van der Waals surface area contributed by atoms with E-state index >= 15 is 0 Å². The van der Waals surface area contributed by atoms with E-state index in [2.05, 4.69) is 17.0 Å². The van der Waals surface area contributed by atoms with Crippen molar-refractivity contribution in [2.45, 2.75) is 13.5 Å². The molecule has 0 unspecified atom stereocenters. The fourth-order valence-corrected chi connectivity index (χ4v) is 3.19. The molecule has 1 fully saturated rings. The van der Waals surface area contributed by atoms with Crippen molar-refractivity contribution in [2.24, 2.45) is 0 Å². The zero-order valence-electron chi connectivity index (χ0n) is 14.3. The van der Waals surface area contributed by atoms with E-state index in [4.69, 9.17) is 5.11 Å². The number of benzene rings is 2. The van der Waals surface area contributed by atoms with Gasteiger partial charge in [-0.2, -0.15) is 0 Å². The van der Waals surface area contributed by atoms with Crippen molar-refractivity contribution in [1.82, 2.24) is 9.80 Å². The molecule has 5 nitrogen and oxygen atoms in total. The van der Waals surface area contributed by atoms with Crippen LogP contribution in [0.2, 0.25) is 0 Å². The number of carbonyl (C=O) groups excluding carboxylic acids is 1. The molecule has 130 valence electrons. The predicted molar refractivity (Wildman–Crippen MR) is 96.4 cm³/mol. The molecular formula is C20H22N2O3. The number of carboxylic acid groups (broad SMARTS) is 1. The molecule has 0 radical (unpaired) electrons. The Hall–Kier alpha value is -2.66. The first-order valence-corrected chi connectivity index (χ1v) is 8.44. The maximum absolute atomic E-state index is 11.4. The average molecular weight is 338 g/mol. The number of aromatic carboxylic acids is 1. The zero-order chi connectivity index (χ0) is 17.8. The third-order valence-corrected chi connectivity index (χ3v) is 4.67. The monoisotopic (exact) mass is 338 g/mol. The van der Waals surface area contributed by atoms with Crippen LogP contribution in [0.1, 0.15) is 22.8 Å². The van der Waals surface area contributed by atoms with Crippen LogP contribution in [0.5, 0.6) is 0 Å². The van der Waals surface area contributed by atoms with Gasteiger partial charge in [0.25, 0.3) is 0 Å². The minimum absolute atomic E-state index is 0.138. The topological polar surface area (TPSA) is 60.9 Å². The van der Waals surface area contributed by atoms with E-state index in [1.54, 1.807) is 19.1 Å². The smallest absolute Gasteiger partial charge is 0.335 e. The fourth-order valence-electron chi connectivity index (χ4n) is 3.19. The van der Waals surface area contributed by atoms with Crippen LogP contribution < -0.4 is 0 Å². The highest BCUT2D eigenvalue weighted by atomic mass is 16.4. The number of hydrogen-bond donors (Lipinski definition) is 1. The standard InChI is InChI=1S/C20H22N2O3/c1-15(23)22-12-10-21(11-13-22)14-18-4-2-3-5-19(18)16-6-8-17(9-7-16)20(24)25/h2-9H,10-14H2,1H3,(H,24,25). The van der Waals surface area contributed by atoms with E-state index in [1.807, 2.05) is 29.2 Å². The lowest BCUT2D eigenvalue weighted by Crippen LogP contribution is -2.47. The Labute approximate surface area is 147 Å². The number of carbonyl (C=O) groups is 2. The minimum atomic E-state index is -0.914. The highest BCUT2D eigenvalue weighted by Gasteiger charge is 2.19. The summed E-state index contributed by atoms with van der Waals surface area (Å²) in [5.74, 6) is -0.776. The summed E-state index contributed by atoms with van der Waals surface area (Å²) in [5.41, 5.74) is 3.64. The second-order valence-corrected chi connectivity index (χ2v) is 6.32. The number of rotatable bonds is 4. The molecule has 1 heterocycles. The van der Waals surface area contributed by atoms with Gasteiger partial charge in [0.05, 0.1) is 5.56 Å². The molecule has 0 saturated carbocycles. The van der Waals surface area contributed by atoms with Gasteiger partial charge in [-0.05, 0) is 28.8 Å². The van der Waals surface area contributed by atoms with Crippen molar-refractivity contribution in [3.05, 3.63) is 59.7 Å². The first kappa shape index (κ1) is 17.2. The van der Waals surface area contributed by atoms with E-state index in [1.165, 1.54) is 5.56 Å². The van der Waals surface area contributed by atoms with Crippen LogP contribution in [-0.2, 0) is 11.3 Å². The van der Waals surface area contributed by atoms with Crippen LogP contribution in [0.25, 0.3) is 11.1 Å². The van der Waals surface area contributed by atoms with Gasteiger partial charge in [0, 0.05) is 39.6 Å². The van der Waals surface area contributed by atoms with Crippen LogP contribution in [0.4, 0.5) is 0 Å². The summed E-state index contributed by atoms with van der Waals surface area (Å²) in [7, 11) is 0. The van der Waals surface area contributed by atoms with Crippen molar-refractivity contribution in [3.8, 4) is 11.1 Å². The molecule has 2 aromatic carbocycles. The summed E-state index contributed by atoms with van der Waals surface area (Å²) in [6.07, 6.45) is 0. The number of hydrogen-bond acceptors (Lipinski definition) is 3. The SMILES string of the molecule is CC(=O)N1CCN(Cc2ccccc2-c2ccc(C(=O)O)cc2)CC1. The van der Waals surface area contributed by atoms with Crippen molar-refractivity contribution >= 4 is 11.9 Å². The molecule has 3 rings (SSSR count). The van der Waals surface area contributed by atoms with Crippen LogP contribution in [0.15, 0.2) is 48.5 Å². The maximum Gasteiger partial charge on any atom is 0.335 e.